The van der Waals surface area contributed by atoms with Crippen molar-refractivity contribution in [1.29, 1.82) is 5.26 Å². The summed E-state index contributed by atoms with van der Waals surface area (Å²) in [4.78, 5) is 23.3. The Hall–Kier alpha value is -3.33. The van der Waals surface area contributed by atoms with Gasteiger partial charge < -0.3 is 14.5 Å². The van der Waals surface area contributed by atoms with Gasteiger partial charge >= 0.3 is 5.97 Å². The number of furan rings is 1. The number of carbonyl (C=O) groups is 2. The lowest BCUT2D eigenvalue weighted by Gasteiger charge is -2.06. The van der Waals surface area contributed by atoms with Gasteiger partial charge in [-0.1, -0.05) is 12.1 Å². The number of hydrogen-bond donors (Lipinski definition) is 1. The number of methoxy groups -OCH3 is 1. The monoisotopic (exact) mass is 338 g/mol. The summed E-state index contributed by atoms with van der Waals surface area (Å²) in [6.45, 7) is 3.63. The topological polar surface area (TPSA) is 92.3 Å². The molecule has 0 unspecified atom stereocenters. The number of ether oxygens (including phenoxy) is 1. The fraction of sp³-hybridized carbons (Fsp3) is 0.211. The Balaban J connectivity index is 2.22. The molecule has 0 spiro atoms. The van der Waals surface area contributed by atoms with Crippen LogP contribution in [0.5, 0.6) is 0 Å². The van der Waals surface area contributed by atoms with Crippen molar-refractivity contribution in [2.45, 2.75) is 19.9 Å². The van der Waals surface area contributed by atoms with E-state index in [1.807, 2.05) is 19.9 Å². The highest BCUT2D eigenvalue weighted by Crippen LogP contribution is 2.24. The molecular formula is C19H18N2O4. The van der Waals surface area contributed by atoms with Crippen LogP contribution < -0.4 is 5.32 Å². The van der Waals surface area contributed by atoms with Crippen LogP contribution in [0.25, 0.3) is 17.4 Å². The zero-order chi connectivity index (χ0) is 18.4. The molecule has 0 saturated carbocycles. The number of rotatable bonds is 5. The molecule has 1 N–H and O–H groups in total. The molecule has 2 aromatic rings. The molecule has 0 radical (unpaired) electrons. The lowest BCUT2D eigenvalue weighted by molar-refractivity contribution is -0.117. The van der Waals surface area contributed by atoms with Crippen molar-refractivity contribution in [3.05, 3.63) is 53.3 Å². The van der Waals surface area contributed by atoms with Crippen LogP contribution in [0, 0.1) is 11.3 Å². The molecule has 25 heavy (non-hydrogen) atoms. The van der Waals surface area contributed by atoms with Gasteiger partial charge in [0.2, 0.25) is 0 Å². The Bertz CT molecular complexity index is 839. The zero-order valence-electron chi connectivity index (χ0n) is 14.2. The highest BCUT2D eigenvalue weighted by Gasteiger charge is 2.12. The highest BCUT2D eigenvalue weighted by atomic mass is 16.5. The van der Waals surface area contributed by atoms with Crippen molar-refractivity contribution >= 4 is 18.0 Å². The van der Waals surface area contributed by atoms with E-state index >= 15 is 0 Å². The second-order valence-corrected chi connectivity index (χ2v) is 5.57. The summed E-state index contributed by atoms with van der Waals surface area (Å²) in [5, 5.41) is 11.8. The summed E-state index contributed by atoms with van der Waals surface area (Å²) in [5.74, 6) is 0.0917. The maximum atomic E-state index is 11.9. The quantitative estimate of drug-likeness (QED) is 0.513. The number of benzene rings is 1. The lowest BCUT2D eigenvalue weighted by Crippen LogP contribution is -2.30. The van der Waals surface area contributed by atoms with Gasteiger partial charge in [0, 0.05) is 17.7 Å². The zero-order valence-corrected chi connectivity index (χ0v) is 14.2. The predicted molar refractivity (Wildman–Crippen MR) is 92.4 cm³/mol. The Labute approximate surface area is 145 Å². The van der Waals surface area contributed by atoms with Gasteiger partial charge in [0.1, 0.15) is 23.2 Å². The van der Waals surface area contributed by atoms with Crippen LogP contribution in [0.3, 0.4) is 0 Å². The molecule has 0 aliphatic rings. The number of amides is 1. The van der Waals surface area contributed by atoms with E-state index in [0.717, 1.165) is 5.56 Å². The Morgan fingerprint density at radius 3 is 2.44 bits per heavy atom. The summed E-state index contributed by atoms with van der Waals surface area (Å²) < 4.78 is 10.3. The van der Waals surface area contributed by atoms with Gasteiger partial charge in [0.25, 0.3) is 5.91 Å². The summed E-state index contributed by atoms with van der Waals surface area (Å²) in [6, 6.07) is 11.9. The molecule has 1 aromatic heterocycles. The minimum absolute atomic E-state index is 0.0318. The van der Waals surface area contributed by atoms with Crippen LogP contribution in [0.2, 0.25) is 0 Å². The first kappa shape index (κ1) is 18.0. The van der Waals surface area contributed by atoms with Crippen molar-refractivity contribution in [2.24, 2.45) is 0 Å². The van der Waals surface area contributed by atoms with Gasteiger partial charge in [0.15, 0.2) is 0 Å². The average molecular weight is 338 g/mol. The minimum Gasteiger partial charge on any atom is -0.465 e. The van der Waals surface area contributed by atoms with Gasteiger partial charge in [0.05, 0.1) is 12.7 Å². The van der Waals surface area contributed by atoms with Crippen LogP contribution in [-0.4, -0.2) is 25.0 Å². The first-order chi connectivity index (χ1) is 11.9. The fourth-order valence-corrected chi connectivity index (χ4v) is 2.10. The van der Waals surface area contributed by atoms with Gasteiger partial charge in [-0.3, -0.25) is 4.79 Å². The van der Waals surface area contributed by atoms with Gasteiger partial charge in [-0.05, 0) is 38.1 Å². The summed E-state index contributed by atoms with van der Waals surface area (Å²) in [7, 11) is 1.32. The predicted octanol–water partition coefficient (Wildman–Crippen LogP) is 3.16. The van der Waals surface area contributed by atoms with E-state index in [1.54, 1.807) is 36.4 Å². The van der Waals surface area contributed by atoms with E-state index in [1.165, 1.54) is 13.2 Å². The number of carbonyl (C=O) groups excluding carboxylic acids is 2. The van der Waals surface area contributed by atoms with Crippen molar-refractivity contribution < 1.29 is 18.7 Å². The average Bonchev–Trinajstić information content (AvgIpc) is 3.07. The molecule has 1 amide bonds. The van der Waals surface area contributed by atoms with Crippen molar-refractivity contribution in [3.8, 4) is 17.4 Å². The summed E-state index contributed by atoms with van der Waals surface area (Å²) in [6.07, 6.45) is 1.39. The largest absolute Gasteiger partial charge is 0.465 e. The number of nitrogens with zero attached hydrogens (tertiary/aromatic N) is 1. The van der Waals surface area contributed by atoms with Gasteiger partial charge in [-0.15, -0.1) is 0 Å². The molecule has 0 aliphatic heterocycles. The molecule has 0 saturated heterocycles. The third-order valence-corrected chi connectivity index (χ3v) is 3.29. The maximum absolute atomic E-state index is 11.9. The molecule has 128 valence electrons. The van der Waals surface area contributed by atoms with Crippen molar-refractivity contribution in [1.82, 2.24) is 5.32 Å². The Morgan fingerprint density at radius 1 is 1.20 bits per heavy atom. The minimum atomic E-state index is -0.446. The van der Waals surface area contributed by atoms with Crippen LogP contribution in [0.1, 0.15) is 30.0 Å². The third kappa shape index (κ3) is 4.58. The number of esters is 1. The molecular weight excluding hydrogens is 320 g/mol. The smallest absolute Gasteiger partial charge is 0.337 e. The number of hydrogen-bond acceptors (Lipinski definition) is 5. The SMILES string of the molecule is COC(=O)c1ccc(-c2ccc(C=C(C#N)C(=O)NC(C)C)o2)cc1. The molecule has 0 bridgehead atoms. The second-order valence-electron chi connectivity index (χ2n) is 5.57. The van der Waals surface area contributed by atoms with Crippen LogP contribution in [-0.2, 0) is 9.53 Å². The standard InChI is InChI=1S/C19H18N2O4/c1-12(2)21-18(22)15(11-20)10-16-8-9-17(25-16)13-4-6-14(7-5-13)19(23)24-3/h4-10,12H,1-3H3,(H,21,22). The van der Waals surface area contributed by atoms with Crippen LogP contribution in [0.4, 0.5) is 0 Å². The van der Waals surface area contributed by atoms with E-state index in [2.05, 4.69) is 10.1 Å². The molecule has 0 aliphatic carbocycles. The highest BCUT2D eigenvalue weighted by molar-refractivity contribution is 6.01. The molecule has 1 aromatic carbocycles. The summed E-state index contributed by atoms with van der Waals surface area (Å²) >= 11 is 0. The van der Waals surface area contributed by atoms with Crippen LogP contribution in [0.15, 0.2) is 46.4 Å². The van der Waals surface area contributed by atoms with E-state index in [0.29, 0.717) is 17.1 Å². The van der Waals surface area contributed by atoms with Gasteiger partial charge in [-0.25, -0.2) is 4.79 Å². The van der Waals surface area contributed by atoms with Gasteiger partial charge in [-0.2, -0.15) is 5.26 Å². The van der Waals surface area contributed by atoms with E-state index in [9.17, 15) is 9.59 Å². The maximum Gasteiger partial charge on any atom is 0.337 e. The number of nitrogens with one attached hydrogen (secondary N) is 1. The van der Waals surface area contributed by atoms with E-state index < -0.39 is 11.9 Å². The molecule has 0 atom stereocenters. The third-order valence-electron chi connectivity index (χ3n) is 3.29. The second kappa shape index (κ2) is 7.97. The van der Waals surface area contributed by atoms with Crippen molar-refractivity contribution in [2.75, 3.05) is 7.11 Å². The van der Waals surface area contributed by atoms with Crippen LogP contribution >= 0.6 is 0 Å². The molecule has 6 nitrogen and oxygen atoms in total. The molecule has 2 rings (SSSR count). The Kier molecular flexibility index (Phi) is 5.75. The van der Waals surface area contributed by atoms with Crippen molar-refractivity contribution in [3.63, 3.8) is 0 Å². The lowest BCUT2D eigenvalue weighted by atomic mass is 10.1. The molecule has 0 fully saturated rings. The summed E-state index contributed by atoms with van der Waals surface area (Å²) in [5.41, 5.74) is 1.17. The fourth-order valence-electron chi connectivity index (χ4n) is 2.10. The first-order valence-electron chi connectivity index (χ1n) is 7.66. The van der Waals surface area contributed by atoms with E-state index in [4.69, 9.17) is 9.68 Å². The number of nitriles is 1. The Morgan fingerprint density at radius 2 is 1.88 bits per heavy atom. The normalized spacial score (nSPS) is 11.1. The molecule has 6 heteroatoms. The first-order valence-corrected chi connectivity index (χ1v) is 7.66. The van der Waals surface area contributed by atoms with E-state index in [-0.39, 0.29) is 11.6 Å². The molecule has 1 heterocycles.